The molecule has 5 aromatic rings. The lowest BCUT2D eigenvalue weighted by atomic mass is 10.2. The molecule has 2 aromatic heterocycles. The van der Waals surface area contributed by atoms with Gasteiger partial charge in [0.25, 0.3) is 0 Å². The number of rotatable bonds is 6. The van der Waals surface area contributed by atoms with E-state index in [-0.39, 0.29) is 17.5 Å². The molecular formula is C27H24N4O3. The summed E-state index contributed by atoms with van der Waals surface area (Å²) in [6.45, 7) is 3.80. The molecule has 0 fully saturated rings. The number of nitrogen functional groups attached to an aromatic ring is 1. The summed E-state index contributed by atoms with van der Waals surface area (Å²) in [6, 6.07) is 24.5. The molecule has 0 saturated carbocycles. The molecule has 0 aliphatic heterocycles. The first-order chi connectivity index (χ1) is 16.5. The molecule has 7 nitrogen and oxygen atoms in total. The molecule has 170 valence electrons. The van der Waals surface area contributed by atoms with Gasteiger partial charge in [-0.3, -0.25) is 4.57 Å². The van der Waals surface area contributed by atoms with Crippen LogP contribution >= 0.6 is 0 Å². The molecule has 0 spiro atoms. The van der Waals surface area contributed by atoms with Crippen molar-refractivity contribution in [2.24, 2.45) is 0 Å². The lowest BCUT2D eigenvalue weighted by Crippen LogP contribution is -2.15. The van der Waals surface area contributed by atoms with E-state index in [2.05, 4.69) is 0 Å². The van der Waals surface area contributed by atoms with Crippen LogP contribution in [-0.4, -0.2) is 26.6 Å². The highest BCUT2D eigenvalue weighted by Gasteiger charge is 2.26. The van der Waals surface area contributed by atoms with E-state index in [0.717, 1.165) is 11.4 Å². The molecule has 2 N–H and O–H groups in total. The molecule has 1 atom stereocenters. The number of esters is 1. The Kier molecular flexibility index (Phi) is 5.59. The van der Waals surface area contributed by atoms with Crippen LogP contribution in [0.1, 0.15) is 30.6 Å². The maximum absolute atomic E-state index is 13.1. The number of anilines is 1. The lowest BCUT2D eigenvalue weighted by molar-refractivity contribution is 0.0338. The van der Waals surface area contributed by atoms with E-state index >= 15 is 0 Å². The number of aromatic nitrogens is 3. The van der Waals surface area contributed by atoms with Gasteiger partial charge >= 0.3 is 5.97 Å². The zero-order chi connectivity index (χ0) is 23.7. The van der Waals surface area contributed by atoms with E-state index in [1.165, 1.54) is 0 Å². The van der Waals surface area contributed by atoms with Crippen LogP contribution in [0.25, 0.3) is 27.9 Å². The Morgan fingerprint density at radius 2 is 1.53 bits per heavy atom. The largest absolute Gasteiger partial charge is 0.459 e. The van der Waals surface area contributed by atoms with Crippen LogP contribution in [0.3, 0.4) is 0 Å². The Morgan fingerprint density at radius 3 is 2.21 bits per heavy atom. The standard InChI is InChI=1S/C27H24N4O3/c1-3-17(2)33-27(32)23-24-26(30-22-12-8-7-11-21(22)29-24)31(25(23)28)18-13-15-20(16-14-18)34-19-9-5-4-6-10-19/h4-17H,3,28H2,1-2H3/t17-/m1/s1. The highest BCUT2D eigenvalue weighted by molar-refractivity contribution is 6.09. The van der Waals surface area contributed by atoms with Crippen molar-refractivity contribution in [2.75, 3.05) is 5.73 Å². The van der Waals surface area contributed by atoms with E-state index in [9.17, 15) is 4.79 Å². The minimum Gasteiger partial charge on any atom is -0.459 e. The third-order valence-electron chi connectivity index (χ3n) is 5.66. The number of fused-ring (bicyclic) bond motifs is 2. The van der Waals surface area contributed by atoms with Crippen molar-refractivity contribution >= 4 is 34.0 Å². The summed E-state index contributed by atoms with van der Waals surface area (Å²) in [7, 11) is 0. The first kappa shape index (κ1) is 21.5. The first-order valence-electron chi connectivity index (χ1n) is 11.2. The number of nitrogens with zero attached hydrogens (tertiary/aromatic N) is 3. The van der Waals surface area contributed by atoms with Crippen molar-refractivity contribution < 1.29 is 14.3 Å². The molecule has 7 heteroatoms. The molecule has 34 heavy (non-hydrogen) atoms. The van der Waals surface area contributed by atoms with Gasteiger partial charge in [-0.25, -0.2) is 14.8 Å². The van der Waals surface area contributed by atoms with Gasteiger partial charge in [0.15, 0.2) is 5.65 Å². The molecule has 3 aromatic carbocycles. The molecule has 2 heterocycles. The number of ether oxygens (including phenoxy) is 2. The van der Waals surface area contributed by atoms with Crippen LogP contribution in [-0.2, 0) is 4.74 Å². The number of nitrogens with two attached hydrogens (primary N) is 1. The summed E-state index contributed by atoms with van der Waals surface area (Å²) in [5.74, 6) is 1.14. The van der Waals surface area contributed by atoms with Gasteiger partial charge in [-0.1, -0.05) is 37.3 Å². The zero-order valence-corrected chi connectivity index (χ0v) is 18.9. The van der Waals surface area contributed by atoms with Gasteiger partial charge in [-0.05, 0) is 61.9 Å². The molecule has 0 radical (unpaired) electrons. The second-order valence-electron chi connectivity index (χ2n) is 8.01. The molecule has 0 aliphatic rings. The van der Waals surface area contributed by atoms with Crippen molar-refractivity contribution in [1.29, 1.82) is 0 Å². The van der Waals surface area contributed by atoms with Gasteiger partial charge in [0.05, 0.1) is 17.1 Å². The van der Waals surface area contributed by atoms with E-state index in [1.807, 2.05) is 92.7 Å². The number of para-hydroxylation sites is 3. The van der Waals surface area contributed by atoms with E-state index in [4.69, 9.17) is 25.2 Å². The SMILES string of the molecule is CC[C@@H](C)OC(=O)c1c(N)n(-c2ccc(Oc3ccccc3)cc2)c2nc3ccccc3nc12. The van der Waals surface area contributed by atoms with E-state index < -0.39 is 5.97 Å². The van der Waals surface area contributed by atoms with Gasteiger partial charge in [0, 0.05) is 5.69 Å². The summed E-state index contributed by atoms with van der Waals surface area (Å²) in [4.78, 5) is 22.6. The monoisotopic (exact) mass is 452 g/mol. The third kappa shape index (κ3) is 3.92. The van der Waals surface area contributed by atoms with Crippen LogP contribution in [0.5, 0.6) is 11.5 Å². The van der Waals surface area contributed by atoms with Crippen molar-refractivity contribution in [1.82, 2.24) is 14.5 Å². The fraction of sp³-hybridized carbons (Fsp3) is 0.148. The summed E-state index contributed by atoms with van der Waals surface area (Å²) < 4.78 is 13.2. The molecule has 0 unspecified atom stereocenters. The fourth-order valence-corrected chi connectivity index (χ4v) is 3.74. The maximum Gasteiger partial charge on any atom is 0.344 e. The van der Waals surface area contributed by atoms with Crippen molar-refractivity contribution in [3.8, 4) is 17.2 Å². The number of hydrogen-bond donors (Lipinski definition) is 1. The normalized spacial score (nSPS) is 12.1. The van der Waals surface area contributed by atoms with Crippen LogP contribution in [0, 0.1) is 0 Å². The summed E-state index contributed by atoms with van der Waals surface area (Å²) in [5.41, 5.74) is 9.78. The summed E-state index contributed by atoms with van der Waals surface area (Å²) >= 11 is 0. The Hall–Kier alpha value is -4.39. The van der Waals surface area contributed by atoms with Crippen LogP contribution in [0.15, 0.2) is 78.9 Å². The molecule has 0 bridgehead atoms. The second kappa shape index (κ2) is 8.86. The van der Waals surface area contributed by atoms with Gasteiger partial charge in [-0.15, -0.1) is 0 Å². The number of benzene rings is 3. The van der Waals surface area contributed by atoms with Crippen LogP contribution < -0.4 is 10.5 Å². The zero-order valence-electron chi connectivity index (χ0n) is 18.9. The quantitative estimate of drug-likeness (QED) is 0.322. The summed E-state index contributed by atoms with van der Waals surface area (Å²) in [6.07, 6.45) is 0.454. The Morgan fingerprint density at radius 1 is 0.912 bits per heavy atom. The fourth-order valence-electron chi connectivity index (χ4n) is 3.74. The number of carbonyl (C=O) groups is 1. The van der Waals surface area contributed by atoms with Crippen molar-refractivity contribution in [3.63, 3.8) is 0 Å². The average molecular weight is 453 g/mol. The average Bonchev–Trinajstić information content (AvgIpc) is 3.14. The smallest absolute Gasteiger partial charge is 0.344 e. The number of carbonyl (C=O) groups excluding carboxylic acids is 1. The third-order valence-corrected chi connectivity index (χ3v) is 5.66. The van der Waals surface area contributed by atoms with Crippen molar-refractivity contribution in [3.05, 3.63) is 84.4 Å². The Bertz CT molecular complexity index is 1480. The lowest BCUT2D eigenvalue weighted by Gasteiger charge is -2.11. The van der Waals surface area contributed by atoms with Crippen molar-refractivity contribution in [2.45, 2.75) is 26.4 Å². The Labute approximate surface area is 196 Å². The minimum atomic E-state index is -0.510. The van der Waals surface area contributed by atoms with Gasteiger partial charge in [0.1, 0.15) is 28.4 Å². The van der Waals surface area contributed by atoms with Gasteiger partial charge in [-0.2, -0.15) is 0 Å². The molecular weight excluding hydrogens is 428 g/mol. The molecule has 5 rings (SSSR count). The first-order valence-corrected chi connectivity index (χ1v) is 11.2. The predicted molar refractivity (Wildman–Crippen MR) is 132 cm³/mol. The maximum atomic E-state index is 13.1. The van der Waals surface area contributed by atoms with Gasteiger partial charge in [0.2, 0.25) is 0 Å². The minimum absolute atomic E-state index is 0.221. The second-order valence-corrected chi connectivity index (χ2v) is 8.01. The molecule has 0 aliphatic carbocycles. The topological polar surface area (TPSA) is 92.3 Å². The van der Waals surface area contributed by atoms with Crippen LogP contribution in [0.4, 0.5) is 5.82 Å². The molecule has 0 amide bonds. The Balaban J connectivity index is 1.63. The summed E-state index contributed by atoms with van der Waals surface area (Å²) in [5, 5.41) is 0. The highest BCUT2D eigenvalue weighted by Crippen LogP contribution is 2.33. The predicted octanol–water partition coefficient (Wildman–Crippen LogP) is 5.90. The number of hydrogen-bond acceptors (Lipinski definition) is 6. The van der Waals surface area contributed by atoms with Crippen LogP contribution in [0.2, 0.25) is 0 Å². The van der Waals surface area contributed by atoms with Gasteiger partial charge < -0.3 is 15.2 Å². The van der Waals surface area contributed by atoms with E-state index in [0.29, 0.717) is 34.4 Å². The van der Waals surface area contributed by atoms with E-state index in [1.54, 1.807) is 4.57 Å². The highest BCUT2D eigenvalue weighted by atomic mass is 16.5. The molecule has 0 saturated heterocycles.